The van der Waals surface area contributed by atoms with Gasteiger partial charge in [0.2, 0.25) is 0 Å². The van der Waals surface area contributed by atoms with Crippen molar-refractivity contribution in [1.82, 2.24) is 0 Å². The largest absolute Gasteiger partial charge is 0.324 e. The Morgan fingerprint density at radius 3 is 2.56 bits per heavy atom. The molecule has 3 heteroatoms. The van der Waals surface area contributed by atoms with E-state index in [1.54, 1.807) is 6.07 Å². The van der Waals surface area contributed by atoms with E-state index in [0.29, 0.717) is 0 Å². The van der Waals surface area contributed by atoms with Gasteiger partial charge in [0.25, 0.3) is 0 Å². The molecule has 0 aliphatic heterocycles. The Morgan fingerprint density at radius 1 is 1.17 bits per heavy atom. The van der Waals surface area contributed by atoms with Gasteiger partial charge in [0, 0.05) is 10.5 Å². The van der Waals surface area contributed by atoms with E-state index in [2.05, 4.69) is 22.9 Å². The van der Waals surface area contributed by atoms with Crippen LogP contribution in [0, 0.1) is 5.82 Å². The fourth-order valence-electron chi connectivity index (χ4n) is 2.10. The maximum Gasteiger partial charge on any atom is 0.123 e. The van der Waals surface area contributed by atoms with Crippen LogP contribution in [0.4, 0.5) is 4.39 Å². The lowest BCUT2D eigenvalue weighted by molar-refractivity contribution is 0.543. The molecule has 1 unspecified atom stereocenters. The number of benzene rings is 1. The number of halogens is 2. The minimum atomic E-state index is -0.216. The van der Waals surface area contributed by atoms with Gasteiger partial charge in [0.15, 0.2) is 0 Å². The molecule has 1 rings (SSSR count). The highest BCUT2D eigenvalue weighted by Crippen LogP contribution is 2.26. The molecule has 0 aliphatic carbocycles. The quantitative estimate of drug-likeness (QED) is 0.644. The molecule has 0 fully saturated rings. The lowest BCUT2D eigenvalue weighted by Gasteiger charge is -2.14. The van der Waals surface area contributed by atoms with Gasteiger partial charge in [0.1, 0.15) is 5.82 Å². The van der Waals surface area contributed by atoms with E-state index < -0.39 is 0 Å². The number of unbranched alkanes of at least 4 members (excludes halogenated alkanes) is 5. The van der Waals surface area contributed by atoms with E-state index >= 15 is 0 Å². The number of hydrogen-bond donors (Lipinski definition) is 1. The summed E-state index contributed by atoms with van der Waals surface area (Å²) < 4.78 is 14.1. The van der Waals surface area contributed by atoms with Crippen molar-refractivity contribution in [2.75, 3.05) is 0 Å². The second-order valence-corrected chi connectivity index (χ2v) is 5.68. The van der Waals surface area contributed by atoms with Gasteiger partial charge in [-0.1, -0.05) is 61.4 Å². The minimum Gasteiger partial charge on any atom is -0.324 e. The molecule has 2 N–H and O–H groups in total. The lowest BCUT2D eigenvalue weighted by atomic mass is 10.0. The van der Waals surface area contributed by atoms with Gasteiger partial charge in [-0.3, -0.25) is 0 Å². The summed E-state index contributed by atoms with van der Waals surface area (Å²) in [5, 5.41) is 0. The van der Waals surface area contributed by atoms with Crippen LogP contribution in [0.15, 0.2) is 22.7 Å². The summed E-state index contributed by atoms with van der Waals surface area (Å²) in [7, 11) is 0. The van der Waals surface area contributed by atoms with Gasteiger partial charge in [-0.05, 0) is 30.2 Å². The van der Waals surface area contributed by atoms with Crippen LogP contribution in [0.25, 0.3) is 0 Å². The van der Waals surface area contributed by atoms with E-state index in [1.165, 1.54) is 44.2 Å². The average Bonchev–Trinajstić information content (AvgIpc) is 2.36. The molecule has 0 aromatic heterocycles. The fraction of sp³-hybridized carbons (Fsp3) is 0.600. The van der Waals surface area contributed by atoms with Crippen molar-refractivity contribution in [3.8, 4) is 0 Å². The third-order valence-corrected chi connectivity index (χ3v) is 3.95. The molecule has 1 aromatic carbocycles. The Bertz CT molecular complexity index is 354. The Labute approximate surface area is 118 Å². The zero-order valence-corrected chi connectivity index (χ0v) is 12.7. The summed E-state index contributed by atoms with van der Waals surface area (Å²) in [5.41, 5.74) is 6.99. The second-order valence-electron chi connectivity index (χ2n) is 4.83. The zero-order chi connectivity index (χ0) is 13.4. The van der Waals surface area contributed by atoms with Crippen LogP contribution in [0.3, 0.4) is 0 Å². The first-order valence-electron chi connectivity index (χ1n) is 6.85. The Kier molecular flexibility index (Phi) is 7.52. The number of rotatable bonds is 8. The molecule has 0 radical (unpaired) electrons. The molecular formula is C15H23BrFN. The van der Waals surface area contributed by atoms with E-state index in [9.17, 15) is 4.39 Å². The lowest BCUT2D eigenvalue weighted by Crippen LogP contribution is -2.11. The van der Waals surface area contributed by atoms with Crippen molar-refractivity contribution < 1.29 is 4.39 Å². The van der Waals surface area contributed by atoms with Crippen molar-refractivity contribution >= 4 is 15.9 Å². The predicted octanol–water partition coefficient (Wildman–Crippen LogP) is 5.34. The van der Waals surface area contributed by atoms with Gasteiger partial charge in [-0.15, -0.1) is 0 Å². The normalized spacial score (nSPS) is 12.7. The molecule has 1 atom stereocenters. The van der Waals surface area contributed by atoms with E-state index in [1.807, 2.05) is 0 Å². The Morgan fingerprint density at radius 2 is 1.83 bits per heavy atom. The smallest absolute Gasteiger partial charge is 0.123 e. The zero-order valence-electron chi connectivity index (χ0n) is 11.1. The molecule has 0 saturated heterocycles. The first kappa shape index (κ1) is 15.6. The Balaban J connectivity index is 2.31. The minimum absolute atomic E-state index is 0.0683. The average molecular weight is 316 g/mol. The highest BCUT2D eigenvalue weighted by atomic mass is 79.9. The van der Waals surface area contributed by atoms with Crippen LogP contribution in [0.2, 0.25) is 0 Å². The third-order valence-electron chi connectivity index (χ3n) is 3.23. The first-order valence-corrected chi connectivity index (χ1v) is 7.65. The molecular weight excluding hydrogens is 293 g/mol. The van der Waals surface area contributed by atoms with Crippen molar-refractivity contribution in [3.05, 3.63) is 34.1 Å². The monoisotopic (exact) mass is 315 g/mol. The summed E-state index contributed by atoms with van der Waals surface area (Å²) in [6.07, 6.45) is 8.46. The van der Waals surface area contributed by atoms with E-state index in [0.717, 1.165) is 22.9 Å². The molecule has 0 amide bonds. The van der Waals surface area contributed by atoms with Crippen molar-refractivity contribution in [1.29, 1.82) is 0 Å². The molecule has 0 bridgehead atoms. The van der Waals surface area contributed by atoms with Crippen molar-refractivity contribution in [2.45, 2.75) is 57.9 Å². The maximum absolute atomic E-state index is 13.2. The molecule has 1 nitrogen and oxygen atoms in total. The van der Waals surface area contributed by atoms with Crippen LogP contribution >= 0.6 is 15.9 Å². The van der Waals surface area contributed by atoms with Crippen LogP contribution in [-0.2, 0) is 0 Å². The predicted molar refractivity (Wildman–Crippen MR) is 79.0 cm³/mol. The summed E-state index contributed by atoms with van der Waals surface area (Å²) in [6.45, 7) is 2.22. The summed E-state index contributed by atoms with van der Waals surface area (Å²) in [6, 6.07) is 4.64. The van der Waals surface area contributed by atoms with Gasteiger partial charge in [0.05, 0.1) is 0 Å². The highest BCUT2D eigenvalue weighted by Gasteiger charge is 2.10. The van der Waals surface area contributed by atoms with Gasteiger partial charge in [-0.2, -0.15) is 0 Å². The van der Waals surface area contributed by atoms with Gasteiger partial charge in [-0.25, -0.2) is 4.39 Å². The Hall–Kier alpha value is -0.410. The van der Waals surface area contributed by atoms with Crippen molar-refractivity contribution in [3.63, 3.8) is 0 Å². The maximum atomic E-state index is 13.2. The second kappa shape index (κ2) is 8.65. The van der Waals surface area contributed by atoms with Crippen molar-refractivity contribution in [2.24, 2.45) is 5.73 Å². The molecule has 18 heavy (non-hydrogen) atoms. The third kappa shape index (κ3) is 5.49. The molecule has 0 heterocycles. The van der Waals surface area contributed by atoms with Crippen LogP contribution in [-0.4, -0.2) is 0 Å². The summed E-state index contributed by atoms with van der Waals surface area (Å²) in [5.74, 6) is -0.216. The van der Waals surface area contributed by atoms with E-state index in [-0.39, 0.29) is 11.9 Å². The summed E-state index contributed by atoms with van der Waals surface area (Å²) >= 11 is 3.43. The topological polar surface area (TPSA) is 26.0 Å². The van der Waals surface area contributed by atoms with E-state index in [4.69, 9.17) is 5.73 Å². The fourth-order valence-corrected chi connectivity index (χ4v) is 2.64. The van der Waals surface area contributed by atoms with Crippen LogP contribution < -0.4 is 5.73 Å². The van der Waals surface area contributed by atoms with Gasteiger partial charge >= 0.3 is 0 Å². The standard InChI is InChI=1S/C15H23BrFN/c1-2-3-4-5-6-7-8-15(18)13-11-12(17)9-10-14(13)16/h9-11,15H,2-8,18H2,1H3. The molecule has 0 aliphatic rings. The first-order chi connectivity index (χ1) is 8.65. The molecule has 0 spiro atoms. The van der Waals surface area contributed by atoms with Crippen LogP contribution in [0.5, 0.6) is 0 Å². The SMILES string of the molecule is CCCCCCCCC(N)c1cc(F)ccc1Br. The molecule has 1 aromatic rings. The molecule has 102 valence electrons. The van der Waals surface area contributed by atoms with Gasteiger partial charge < -0.3 is 5.73 Å². The summed E-state index contributed by atoms with van der Waals surface area (Å²) in [4.78, 5) is 0. The number of nitrogens with two attached hydrogens (primary N) is 1. The number of hydrogen-bond acceptors (Lipinski definition) is 1. The highest BCUT2D eigenvalue weighted by molar-refractivity contribution is 9.10. The molecule has 0 saturated carbocycles. The van der Waals surface area contributed by atoms with Crippen LogP contribution in [0.1, 0.15) is 63.5 Å².